The third-order valence-corrected chi connectivity index (χ3v) is 7.91. The molecule has 3 aromatic carbocycles. The second-order valence-electron chi connectivity index (χ2n) is 10.7. The minimum atomic E-state index is -1.77. The molecule has 2 aliphatic rings. The van der Waals surface area contributed by atoms with Gasteiger partial charge in [0.15, 0.2) is 11.5 Å². The van der Waals surface area contributed by atoms with Crippen molar-refractivity contribution in [3.05, 3.63) is 89.5 Å². The molecule has 44 heavy (non-hydrogen) atoms. The van der Waals surface area contributed by atoms with Crippen LogP contribution in [0.2, 0.25) is 0 Å². The number of carboxylic acids is 1. The van der Waals surface area contributed by atoms with Crippen LogP contribution in [0, 0.1) is 0 Å². The number of carboxylic acid groups (broad SMARTS) is 1. The maximum atomic E-state index is 13.7. The molecule has 2 heterocycles. The number of anilines is 1. The number of phenols is 2. The summed E-state index contributed by atoms with van der Waals surface area (Å²) in [5.74, 6) is -3.34. The zero-order valence-electron chi connectivity index (χ0n) is 23.4. The summed E-state index contributed by atoms with van der Waals surface area (Å²) in [6.07, 6.45) is -4.52. The highest BCUT2D eigenvalue weighted by atomic mass is 16.7. The lowest BCUT2D eigenvalue weighted by atomic mass is 9.88. The number of benzene rings is 3. The van der Waals surface area contributed by atoms with Crippen molar-refractivity contribution in [1.82, 2.24) is 0 Å². The highest BCUT2D eigenvalue weighted by molar-refractivity contribution is 6.09. The van der Waals surface area contributed by atoms with Crippen LogP contribution in [0.15, 0.2) is 72.8 Å². The van der Waals surface area contributed by atoms with Gasteiger partial charge in [-0.25, -0.2) is 4.79 Å². The number of hydrogen-bond acceptors (Lipinski definition) is 10. The quantitative estimate of drug-likeness (QED) is 0.174. The Balaban J connectivity index is 1.52. The molecule has 0 saturated carbocycles. The maximum absolute atomic E-state index is 13.7. The molecule has 7 unspecified atom stereocenters. The van der Waals surface area contributed by atoms with Gasteiger partial charge >= 0.3 is 5.97 Å². The number of carbonyl (C=O) groups is 2. The number of rotatable bonds is 9. The van der Waals surface area contributed by atoms with Gasteiger partial charge in [-0.1, -0.05) is 42.5 Å². The minimum Gasteiger partial charge on any atom is -0.508 e. The maximum Gasteiger partial charge on any atom is 0.327 e. The van der Waals surface area contributed by atoms with Crippen LogP contribution >= 0.6 is 0 Å². The Hall–Kier alpha value is -4.46. The Morgan fingerprint density at radius 1 is 0.932 bits per heavy atom. The van der Waals surface area contributed by atoms with Gasteiger partial charge < -0.3 is 45.2 Å². The van der Waals surface area contributed by atoms with E-state index < -0.39 is 66.9 Å². The molecule has 1 fully saturated rings. The van der Waals surface area contributed by atoms with E-state index in [1.807, 2.05) is 30.3 Å². The number of aliphatic hydroxyl groups excluding tert-OH is 4. The first-order valence-electron chi connectivity index (χ1n) is 14.0. The minimum absolute atomic E-state index is 0.0425. The smallest absolute Gasteiger partial charge is 0.327 e. The molecule has 3 aromatic rings. The molecule has 2 aliphatic heterocycles. The van der Waals surface area contributed by atoms with Crippen molar-refractivity contribution in [2.24, 2.45) is 0 Å². The van der Waals surface area contributed by atoms with Crippen LogP contribution in [0.25, 0.3) is 6.08 Å². The lowest BCUT2D eigenvalue weighted by Crippen LogP contribution is -2.60. The fraction of sp³-hybridized carbons (Fsp3) is 0.312. The van der Waals surface area contributed by atoms with Crippen molar-refractivity contribution in [2.45, 2.75) is 55.5 Å². The second-order valence-corrected chi connectivity index (χ2v) is 10.7. The Morgan fingerprint density at radius 2 is 1.64 bits per heavy atom. The molecule has 0 bridgehead atoms. The Kier molecular flexibility index (Phi) is 9.18. The van der Waals surface area contributed by atoms with Crippen LogP contribution in [-0.4, -0.2) is 91.0 Å². The molecule has 12 nitrogen and oxygen atoms in total. The fourth-order valence-electron chi connectivity index (χ4n) is 5.62. The third kappa shape index (κ3) is 6.25. The van der Waals surface area contributed by atoms with Crippen molar-refractivity contribution in [2.75, 3.05) is 11.5 Å². The molecule has 1 amide bonds. The van der Waals surface area contributed by atoms with Gasteiger partial charge in [-0.05, 0) is 53.8 Å². The lowest BCUT2D eigenvalue weighted by molar-refractivity contribution is -0.277. The van der Waals surface area contributed by atoms with E-state index in [0.29, 0.717) is 24.0 Å². The molecule has 232 valence electrons. The van der Waals surface area contributed by atoms with Gasteiger partial charge in [0.2, 0.25) is 6.29 Å². The fourth-order valence-corrected chi connectivity index (χ4v) is 5.62. The number of nitrogens with zero attached hydrogens (tertiary/aromatic N) is 1. The summed E-state index contributed by atoms with van der Waals surface area (Å²) in [6, 6.07) is 16.7. The van der Waals surface area contributed by atoms with Gasteiger partial charge in [0, 0.05) is 18.1 Å². The van der Waals surface area contributed by atoms with Gasteiger partial charge in [-0.15, -0.1) is 0 Å². The van der Waals surface area contributed by atoms with Crippen LogP contribution in [0.5, 0.6) is 17.2 Å². The van der Waals surface area contributed by atoms with E-state index in [9.17, 15) is 45.3 Å². The Labute approximate surface area is 252 Å². The number of aliphatic carboxylic acids is 1. The van der Waals surface area contributed by atoms with Crippen LogP contribution in [-0.2, 0) is 20.7 Å². The van der Waals surface area contributed by atoms with Crippen molar-refractivity contribution in [1.29, 1.82) is 0 Å². The topological polar surface area (TPSA) is 197 Å². The van der Waals surface area contributed by atoms with E-state index in [4.69, 9.17) is 9.47 Å². The molecule has 0 aromatic heterocycles. The van der Waals surface area contributed by atoms with E-state index in [1.165, 1.54) is 36.4 Å². The number of amides is 1. The van der Waals surface area contributed by atoms with Crippen molar-refractivity contribution in [3.63, 3.8) is 0 Å². The SMILES string of the molecule is O=C(O)C1C(CCc2ccccc2)c2cc(O)c(OC3OC(CO)C(O)C(O)C3O)cc2N1C(=O)C=Cc1ccc(O)cc1. The summed E-state index contributed by atoms with van der Waals surface area (Å²) in [5.41, 5.74) is 2.08. The lowest BCUT2D eigenvalue weighted by Gasteiger charge is -2.39. The monoisotopic (exact) mass is 607 g/mol. The van der Waals surface area contributed by atoms with Crippen LogP contribution < -0.4 is 9.64 Å². The summed E-state index contributed by atoms with van der Waals surface area (Å²) in [5, 5.41) is 71.1. The molecule has 12 heteroatoms. The van der Waals surface area contributed by atoms with Crippen LogP contribution in [0.1, 0.15) is 29.0 Å². The molecular formula is C32H33NO11. The average Bonchev–Trinajstić information content (AvgIpc) is 3.33. The van der Waals surface area contributed by atoms with E-state index in [0.717, 1.165) is 10.5 Å². The zero-order valence-corrected chi connectivity index (χ0v) is 23.4. The van der Waals surface area contributed by atoms with Gasteiger partial charge in [0.1, 0.15) is 36.2 Å². The number of phenolic OH excluding ortho intramolecular Hbond substituents is 2. The number of carbonyl (C=O) groups excluding carboxylic acids is 1. The van der Waals surface area contributed by atoms with Crippen LogP contribution in [0.4, 0.5) is 5.69 Å². The molecule has 7 N–H and O–H groups in total. The highest BCUT2D eigenvalue weighted by Crippen LogP contribution is 2.48. The number of aliphatic hydroxyl groups is 4. The van der Waals surface area contributed by atoms with E-state index in [1.54, 1.807) is 12.1 Å². The molecule has 0 radical (unpaired) electrons. The summed E-state index contributed by atoms with van der Waals surface area (Å²) >= 11 is 0. The number of fused-ring (bicyclic) bond motifs is 1. The Bertz CT molecular complexity index is 1510. The summed E-state index contributed by atoms with van der Waals surface area (Å²) in [7, 11) is 0. The summed E-state index contributed by atoms with van der Waals surface area (Å²) < 4.78 is 11.1. The highest BCUT2D eigenvalue weighted by Gasteiger charge is 2.47. The average molecular weight is 608 g/mol. The van der Waals surface area contributed by atoms with Gasteiger partial charge in [0.25, 0.3) is 5.91 Å². The summed E-state index contributed by atoms with van der Waals surface area (Å²) in [4.78, 5) is 27.5. The van der Waals surface area contributed by atoms with Crippen LogP contribution in [0.3, 0.4) is 0 Å². The molecule has 5 rings (SSSR count). The molecule has 0 aliphatic carbocycles. The first kappa shape index (κ1) is 31.0. The number of ether oxygens (including phenoxy) is 2. The van der Waals surface area contributed by atoms with Gasteiger partial charge in [0.05, 0.1) is 12.3 Å². The van der Waals surface area contributed by atoms with Crippen molar-refractivity contribution < 1.29 is 54.8 Å². The molecule has 7 atom stereocenters. The molecular weight excluding hydrogens is 574 g/mol. The predicted molar refractivity (Wildman–Crippen MR) is 156 cm³/mol. The van der Waals surface area contributed by atoms with Crippen molar-refractivity contribution >= 4 is 23.6 Å². The third-order valence-electron chi connectivity index (χ3n) is 7.91. The number of hydrogen-bond donors (Lipinski definition) is 7. The Morgan fingerprint density at radius 3 is 2.30 bits per heavy atom. The van der Waals surface area contributed by atoms with E-state index >= 15 is 0 Å². The second kappa shape index (κ2) is 13.0. The van der Waals surface area contributed by atoms with Crippen molar-refractivity contribution in [3.8, 4) is 17.2 Å². The first-order chi connectivity index (χ1) is 21.1. The number of aromatic hydroxyl groups is 2. The first-order valence-corrected chi connectivity index (χ1v) is 14.0. The van der Waals surface area contributed by atoms with E-state index in [-0.39, 0.29) is 17.2 Å². The molecule has 1 saturated heterocycles. The largest absolute Gasteiger partial charge is 0.508 e. The molecule has 0 spiro atoms. The number of aryl methyl sites for hydroxylation is 1. The van der Waals surface area contributed by atoms with E-state index in [2.05, 4.69) is 0 Å². The predicted octanol–water partition coefficient (Wildman–Crippen LogP) is 1.51. The van der Waals surface area contributed by atoms with Gasteiger partial charge in [-0.2, -0.15) is 0 Å². The normalized spacial score (nSPS) is 26.5. The standard InChI is InChI=1S/C32H33NO11/c34-16-25-28(38)29(39)30(40)32(44-25)43-24-15-22-21(14-23(24)36)20(12-8-17-4-2-1-3-5-17)27(31(41)42)33(22)26(37)13-9-18-6-10-19(35)11-7-18/h1-7,9-11,13-15,20,25,27-30,32,34-36,38-40H,8,12,16H2,(H,41,42). The van der Waals surface area contributed by atoms with Gasteiger partial charge in [-0.3, -0.25) is 9.69 Å². The summed E-state index contributed by atoms with van der Waals surface area (Å²) in [6.45, 7) is -0.694. The zero-order chi connectivity index (χ0) is 31.5.